The van der Waals surface area contributed by atoms with E-state index in [1.54, 1.807) is 30.5 Å². The van der Waals surface area contributed by atoms with Crippen molar-refractivity contribution in [3.63, 3.8) is 0 Å². The largest absolute Gasteiger partial charge is 0.457 e. The SMILES string of the molecule is CCc1ccc(C(=O)OCc2cccnc2Cl)cc1. The number of carbonyl (C=O) groups is 1. The number of esters is 1. The van der Waals surface area contributed by atoms with Crippen LogP contribution in [0.4, 0.5) is 0 Å². The number of hydrogen-bond donors (Lipinski definition) is 0. The lowest BCUT2D eigenvalue weighted by Crippen LogP contribution is -2.05. The van der Waals surface area contributed by atoms with Crippen molar-refractivity contribution >= 4 is 17.6 Å². The van der Waals surface area contributed by atoms with Crippen molar-refractivity contribution in [2.45, 2.75) is 20.0 Å². The quantitative estimate of drug-likeness (QED) is 0.631. The smallest absolute Gasteiger partial charge is 0.338 e. The van der Waals surface area contributed by atoms with Gasteiger partial charge < -0.3 is 4.74 Å². The molecule has 0 fully saturated rings. The van der Waals surface area contributed by atoms with Crippen molar-refractivity contribution in [2.24, 2.45) is 0 Å². The minimum absolute atomic E-state index is 0.126. The van der Waals surface area contributed by atoms with E-state index in [0.29, 0.717) is 16.3 Å². The van der Waals surface area contributed by atoms with Crippen molar-refractivity contribution in [2.75, 3.05) is 0 Å². The van der Waals surface area contributed by atoms with Gasteiger partial charge in [-0.25, -0.2) is 9.78 Å². The third-order valence-corrected chi connectivity index (χ3v) is 3.13. The minimum atomic E-state index is -0.359. The molecular weight excluding hydrogens is 262 g/mol. The molecule has 0 bridgehead atoms. The van der Waals surface area contributed by atoms with Gasteiger partial charge in [0.25, 0.3) is 0 Å². The van der Waals surface area contributed by atoms with Gasteiger partial charge in [0, 0.05) is 11.8 Å². The van der Waals surface area contributed by atoms with Crippen molar-refractivity contribution in [3.05, 3.63) is 64.4 Å². The Labute approximate surface area is 117 Å². The standard InChI is InChI=1S/C15H14ClNO2/c1-2-11-5-7-12(8-6-11)15(18)19-10-13-4-3-9-17-14(13)16/h3-9H,2,10H2,1H3. The summed E-state index contributed by atoms with van der Waals surface area (Å²) < 4.78 is 5.21. The van der Waals surface area contributed by atoms with E-state index < -0.39 is 0 Å². The highest BCUT2D eigenvalue weighted by Crippen LogP contribution is 2.14. The molecule has 2 aromatic rings. The first-order chi connectivity index (χ1) is 9.20. The first-order valence-corrected chi connectivity index (χ1v) is 6.44. The molecule has 1 heterocycles. The van der Waals surface area contributed by atoms with Crippen LogP contribution >= 0.6 is 11.6 Å². The predicted octanol–water partition coefficient (Wildman–Crippen LogP) is 3.65. The van der Waals surface area contributed by atoms with Gasteiger partial charge in [-0.2, -0.15) is 0 Å². The van der Waals surface area contributed by atoms with Crippen molar-refractivity contribution in [3.8, 4) is 0 Å². The number of aromatic nitrogens is 1. The number of benzene rings is 1. The van der Waals surface area contributed by atoms with E-state index in [1.807, 2.05) is 12.1 Å². The molecule has 0 spiro atoms. The number of halogens is 1. The lowest BCUT2D eigenvalue weighted by Gasteiger charge is -2.06. The monoisotopic (exact) mass is 275 g/mol. The number of aryl methyl sites for hydroxylation is 1. The first-order valence-electron chi connectivity index (χ1n) is 6.06. The second kappa shape index (κ2) is 6.34. The van der Waals surface area contributed by atoms with E-state index in [-0.39, 0.29) is 12.6 Å². The summed E-state index contributed by atoms with van der Waals surface area (Å²) in [5.41, 5.74) is 2.42. The normalized spacial score (nSPS) is 10.2. The van der Waals surface area contributed by atoms with Crippen LogP contribution in [-0.4, -0.2) is 11.0 Å². The summed E-state index contributed by atoms with van der Waals surface area (Å²) in [6.45, 7) is 2.19. The Hall–Kier alpha value is -1.87. The molecular formula is C15H14ClNO2. The average molecular weight is 276 g/mol. The fraction of sp³-hybridized carbons (Fsp3) is 0.200. The molecule has 0 aliphatic rings. The lowest BCUT2D eigenvalue weighted by molar-refractivity contribution is 0.0472. The molecule has 0 amide bonds. The Morgan fingerprint density at radius 3 is 2.63 bits per heavy atom. The van der Waals surface area contributed by atoms with Crippen LogP contribution in [0.15, 0.2) is 42.6 Å². The summed E-state index contributed by atoms with van der Waals surface area (Å²) >= 11 is 5.89. The molecule has 0 saturated heterocycles. The molecule has 1 aromatic carbocycles. The maximum absolute atomic E-state index is 11.8. The maximum atomic E-state index is 11.8. The number of nitrogens with zero attached hydrogens (tertiary/aromatic N) is 1. The summed E-state index contributed by atoms with van der Waals surface area (Å²) in [5.74, 6) is -0.359. The van der Waals surface area contributed by atoms with Crippen LogP contribution in [0, 0.1) is 0 Å². The summed E-state index contributed by atoms with van der Waals surface area (Å²) in [7, 11) is 0. The Kier molecular flexibility index (Phi) is 4.53. The Morgan fingerprint density at radius 2 is 2.00 bits per heavy atom. The number of pyridine rings is 1. The number of rotatable bonds is 4. The highest BCUT2D eigenvalue weighted by molar-refractivity contribution is 6.30. The summed E-state index contributed by atoms with van der Waals surface area (Å²) in [5, 5.41) is 0.358. The van der Waals surface area contributed by atoms with Gasteiger partial charge in [0.1, 0.15) is 11.8 Å². The van der Waals surface area contributed by atoms with Crippen LogP contribution in [0.1, 0.15) is 28.4 Å². The number of carbonyl (C=O) groups excluding carboxylic acids is 1. The van der Waals surface area contributed by atoms with Crippen LogP contribution in [0.3, 0.4) is 0 Å². The second-order valence-corrected chi connectivity index (χ2v) is 4.44. The van der Waals surface area contributed by atoms with Crippen LogP contribution < -0.4 is 0 Å². The number of hydrogen-bond acceptors (Lipinski definition) is 3. The molecule has 0 unspecified atom stereocenters. The van der Waals surface area contributed by atoms with Gasteiger partial charge in [0.05, 0.1) is 5.56 Å². The summed E-state index contributed by atoms with van der Waals surface area (Å²) in [6, 6.07) is 10.9. The topological polar surface area (TPSA) is 39.2 Å². The van der Waals surface area contributed by atoms with Crippen LogP contribution in [0.2, 0.25) is 5.15 Å². The Balaban J connectivity index is 1.99. The molecule has 98 valence electrons. The maximum Gasteiger partial charge on any atom is 0.338 e. The third kappa shape index (κ3) is 3.55. The van der Waals surface area contributed by atoms with E-state index in [4.69, 9.17) is 16.3 Å². The van der Waals surface area contributed by atoms with E-state index in [0.717, 1.165) is 6.42 Å². The highest BCUT2D eigenvalue weighted by atomic mass is 35.5. The van der Waals surface area contributed by atoms with Gasteiger partial charge in [-0.15, -0.1) is 0 Å². The molecule has 19 heavy (non-hydrogen) atoms. The lowest BCUT2D eigenvalue weighted by atomic mass is 10.1. The molecule has 2 rings (SSSR count). The number of ether oxygens (including phenoxy) is 1. The summed E-state index contributed by atoms with van der Waals surface area (Å²) in [6.07, 6.45) is 2.54. The Bertz CT molecular complexity index is 567. The van der Waals surface area contributed by atoms with Gasteiger partial charge in [0.15, 0.2) is 0 Å². The molecule has 0 radical (unpaired) electrons. The Morgan fingerprint density at radius 1 is 1.26 bits per heavy atom. The van der Waals surface area contributed by atoms with E-state index >= 15 is 0 Å². The summed E-state index contributed by atoms with van der Waals surface area (Å²) in [4.78, 5) is 15.8. The van der Waals surface area contributed by atoms with E-state index in [1.165, 1.54) is 5.56 Å². The molecule has 0 N–H and O–H groups in total. The van der Waals surface area contributed by atoms with Gasteiger partial charge in [0.2, 0.25) is 0 Å². The van der Waals surface area contributed by atoms with E-state index in [9.17, 15) is 4.79 Å². The van der Waals surface area contributed by atoms with Gasteiger partial charge >= 0.3 is 5.97 Å². The molecule has 0 saturated carbocycles. The first kappa shape index (κ1) is 13.6. The van der Waals surface area contributed by atoms with Gasteiger partial charge in [-0.05, 0) is 30.2 Å². The second-order valence-electron chi connectivity index (χ2n) is 4.08. The van der Waals surface area contributed by atoms with Crippen molar-refractivity contribution < 1.29 is 9.53 Å². The minimum Gasteiger partial charge on any atom is -0.457 e. The zero-order valence-corrected chi connectivity index (χ0v) is 11.4. The molecule has 4 heteroatoms. The highest BCUT2D eigenvalue weighted by Gasteiger charge is 2.08. The molecule has 0 aliphatic carbocycles. The molecule has 3 nitrogen and oxygen atoms in total. The van der Waals surface area contributed by atoms with Crippen molar-refractivity contribution in [1.29, 1.82) is 0 Å². The molecule has 0 aliphatic heterocycles. The van der Waals surface area contributed by atoms with Gasteiger partial charge in [-0.3, -0.25) is 0 Å². The van der Waals surface area contributed by atoms with E-state index in [2.05, 4.69) is 11.9 Å². The average Bonchev–Trinajstić information content (AvgIpc) is 2.46. The molecule has 0 atom stereocenters. The molecule has 1 aromatic heterocycles. The van der Waals surface area contributed by atoms with Crippen LogP contribution in [0.5, 0.6) is 0 Å². The van der Waals surface area contributed by atoms with Crippen molar-refractivity contribution in [1.82, 2.24) is 4.98 Å². The zero-order valence-electron chi connectivity index (χ0n) is 10.6. The fourth-order valence-electron chi connectivity index (χ4n) is 1.63. The predicted molar refractivity (Wildman–Crippen MR) is 74.2 cm³/mol. The van der Waals surface area contributed by atoms with Gasteiger partial charge in [-0.1, -0.05) is 36.7 Å². The van der Waals surface area contributed by atoms with Crippen LogP contribution in [-0.2, 0) is 17.8 Å². The third-order valence-electron chi connectivity index (χ3n) is 2.79. The van der Waals surface area contributed by atoms with Crippen LogP contribution in [0.25, 0.3) is 0 Å². The zero-order chi connectivity index (χ0) is 13.7. The fourth-order valence-corrected chi connectivity index (χ4v) is 1.80.